The Morgan fingerprint density at radius 2 is 1.77 bits per heavy atom. The van der Waals surface area contributed by atoms with E-state index < -0.39 is 11.6 Å². The van der Waals surface area contributed by atoms with Crippen molar-refractivity contribution in [3.8, 4) is 0 Å². The normalized spacial score (nSPS) is 11.0. The fourth-order valence-electron chi connectivity index (χ4n) is 2.31. The molecule has 0 bridgehead atoms. The third-order valence-electron chi connectivity index (χ3n) is 3.45. The lowest BCUT2D eigenvalue weighted by molar-refractivity contribution is 0.0960. The predicted molar refractivity (Wildman–Crippen MR) is 87.8 cm³/mol. The molecule has 0 aliphatic carbocycles. The van der Waals surface area contributed by atoms with Gasteiger partial charge in [0, 0.05) is 18.3 Å². The molecule has 0 atom stereocenters. The Morgan fingerprint density at radius 1 is 1.05 bits per heavy atom. The van der Waals surface area contributed by atoms with E-state index in [0.717, 1.165) is 4.57 Å². The molecule has 2 aromatic carbocycles. The molecule has 5 nitrogen and oxygen atoms in total. The van der Waals surface area contributed by atoms with Gasteiger partial charge in [-0.05, 0) is 36.4 Å². The molecule has 0 spiro atoms. The zero-order valence-electron chi connectivity index (χ0n) is 11.5. The van der Waals surface area contributed by atoms with E-state index in [1.54, 1.807) is 25.2 Å². The number of nitrogen functional groups attached to an aromatic ring is 1. The number of carbonyl (C=O) groups excluding carboxylic acids is 1. The Morgan fingerprint density at radius 3 is 2.45 bits per heavy atom. The summed E-state index contributed by atoms with van der Waals surface area (Å²) < 4.78 is 2.47. The van der Waals surface area contributed by atoms with Crippen LogP contribution in [0, 0.1) is 0 Å². The first-order valence-electron chi connectivity index (χ1n) is 6.37. The summed E-state index contributed by atoms with van der Waals surface area (Å²) in [6.45, 7) is 0. The molecular weight excluding hydrogens is 325 g/mol. The number of carbonyl (C=O) groups is 1. The number of hydrogen-bond donors (Lipinski definition) is 1. The Balaban J connectivity index is 2.27. The Kier molecular flexibility index (Phi) is 3.47. The summed E-state index contributed by atoms with van der Waals surface area (Å²) in [7, 11) is 1.60. The second-order valence-electron chi connectivity index (χ2n) is 4.86. The number of halogens is 2. The molecule has 0 unspecified atom stereocenters. The quantitative estimate of drug-likeness (QED) is 0.695. The minimum absolute atomic E-state index is 0.250. The van der Waals surface area contributed by atoms with Crippen LogP contribution in [0.5, 0.6) is 0 Å². The van der Waals surface area contributed by atoms with Crippen LogP contribution in [0.4, 0.5) is 5.69 Å². The highest BCUT2D eigenvalue weighted by Crippen LogP contribution is 2.24. The topological polar surface area (TPSA) is 70.0 Å². The van der Waals surface area contributed by atoms with Gasteiger partial charge in [0.2, 0.25) is 0 Å². The number of nitrogens with two attached hydrogens (primary N) is 1. The van der Waals surface area contributed by atoms with E-state index in [1.165, 1.54) is 22.8 Å². The molecule has 0 aliphatic heterocycles. The van der Waals surface area contributed by atoms with E-state index in [-0.39, 0.29) is 10.6 Å². The van der Waals surface area contributed by atoms with Gasteiger partial charge in [-0.25, -0.2) is 9.36 Å². The van der Waals surface area contributed by atoms with E-state index in [9.17, 15) is 9.59 Å². The highest BCUT2D eigenvalue weighted by atomic mass is 35.5. The van der Waals surface area contributed by atoms with Gasteiger partial charge in [0.15, 0.2) is 0 Å². The highest BCUT2D eigenvalue weighted by molar-refractivity contribution is 6.42. The molecule has 1 aromatic heterocycles. The van der Waals surface area contributed by atoms with Gasteiger partial charge in [-0.3, -0.25) is 9.36 Å². The van der Waals surface area contributed by atoms with Gasteiger partial charge in [0.05, 0.1) is 21.1 Å². The fourth-order valence-corrected chi connectivity index (χ4v) is 2.61. The molecular formula is C15H11Cl2N3O2. The number of nitrogens with zero attached hydrogens (tertiary/aromatic N) is 2. The molecule has 0 amide bonds. The monoisotopic (exact) mass is 335 g/mol. The van der Waals surface area contributed by atoms with E-state index in [2.05, 4.69) is 0 Å². The second-order valence-corrected chi connectivity index (χ2v) is 5.67. The second kappa shape index (κ2) is 5.19. The molecule has 0 aliphatic rings. The van der Waals surface area contributed by atoms with Gasteiger partial charge in [0.1, 0.15) is 0 Å². The van der Waals surface area contributed by atoms with Crippen molar-refractivity contribution in [2.75, 3.05) is 5.73 Å². The Hall–Kier alpha value is -2.24. The minimum Gasteiger partial charge on any atom is -0.399 e. The SMILES string of the molecule is Cn1c(=O)n(C(=O)c2ccc(Cl)c(Cl)c2)c2cc(N)ccc21. The van der Waals surface area contributed by atoms with Crippen molar-refractivity contribution in [1.29, 1.82) is 0 Å². The molecule has 0 saturated carbocycles. The molecule has 0 radical (unpaired) electrons. The Bertz CT molecular complexity index is 973. The summed E-state index contributed by atoms with van der Waals surface area (Å²) in [4.78, 5) is 25.0. The van der Waals surface area contributed by atoms with Crippen molar-refractivity contribution < 1.29 is 4.79 Å². The highest BCUT2D eigenvalue weighted by Gasteiger charge is 2.19. The van der Waals surface area contributed by atoms with Gasteiger partial charge in [-0.1, -0.05) is 23.2 Å². The number of anilines is 1. The van der Waals surface area contributed by atoms with Crippen molar-refractivity contribution >= 4 is 45.8 Å². The molecule has 3 aromatic rings. The lowest BCUT2D eigenvalue weighted by atomic mass is 10.2. The summed E-state index contributed by atoms with van der Waals surface area (Å²) in [5.41, 5.74) is 7.12. The average Bonchev–Trinajstić information content (AvgIpc) is 2.72. The van der Waals surface area contributed by atoms with E-state index in [4.69, 9.17) is 28.9 Å². The first-order chi connectivity index (χ1) is 10.4. The number of hydrogen-bond acceptors (Lipinski definition) is 3. The maximum atomic E-state index is 12.7. The van der Waals surface area contributed by atoms with Crippen molar-refractivity contribution in [1.82, 2.24) is 9.13 Å². The van der Waals surface area contributed by atoms with Crippen LogP contribution in [0.3, 0.4) is 0 Å². The van der Waals surface area contributed by atoms with Crippen LogP contribution in [0.25, 0.3) is 11.0 Å². The lowest BCUT2D eigenvalue weighted by Crippen LogP contribution is -2.28. The molecule has 7 heteroatoms. The first-order valence-corrected chi connectivity index (χ1v) is 7.12. The van der Waals surface area contributed by atoms with Crippen LogP contribution in [-0.4, -0.2) is 15.0 Å². The number of aromatic nitrogens is 2. The minimum atomic E-state index is -0.486. The van der Waals surface area contributed by atoms with Gasteiger partial charge >= 0.3 is 5.69 Å². The molecule has 3 rings (SSSR count). The van der Waals surface area contributed by atoms with Gasteiger partial charge in [-0.15, -0.1) is 0 Å². The van der Waals surface area contributed by atoms with Crippen LogP contribution in [-0.2, 0) is 7.05 Å². The van der Waals surface area contributed by atoms with E-state index in [0.29, 0.717) is 21.7 Å². The molecule has 2 N–H and O–H groups in total. The summed E-state index contributed by atoms with van der Waals surface area (Å²) in [5.74, 6) is -0.486. The summed E-state index contributed by atoms with van der Waals surface area (Å²) in [6, 6.07) is 9.44. The lowest BCUT2D eigenvalue weighted by Gasteiger charge is -2.04. The maximum Gasteiger partial charge on any atom is 0.335 e. The number of rotatable bonds is 1. The van der Waals surface area contributed by atoms with Gasteiger partial charge in [-0.2, -0.15) is 0 Å². The number of aryl methyl sites for hydroxylation is 1. The summed E-state index contributed by atoms with van der Waals surface area (Å²) >= 11 is 11.8. The van der Waals surface area contributed by atoms with E-state index in [1.807, 2.05) is 0 Å². The standard InChI is InChI=1S/C15H11Cl2N3O2/c1-19-12-5-3-9(18)7-13(12)20(15(19)22)14(21)8-2-4-10(16)11(17)6-8/h2-7H,18H2,1H3. The van der Waals surface area contributed by atoms with Crippen molar-refractivity contribution in [2.45, 2.75) is 0 Å². The predicted octanol–water partition coefficient (Wildman–Crippen LogP) is 2.92. The van der Waals surface area contributed by atoms with Crippen LogP contribution in [0.1, 0.15) is 10.4 Å². The molecule has 0 fully saturated rings. The largest absolute Gasteiger partial charge is 0.399 e. The van der Waals surface area contributed by atoms with Crippen LogP contribution in [0.2, 0.25) is 10.0 Å². The fraction of sp³-hybridized carbons (Fsp3) is 0.0667. The van der Waals surface area contributed by atoms with E-state index >= 15 is 0 Å². The van der Waals surface area contributed by atoms with Crippen molar-refractivity contribution in [2.24, 2.45) is 7.05 Å². The molecule has 112 valence electrons. The smallest absolute Gasteiger partial charge is 0.335 e. The summed E-state index contributed by atoms with van der Waals surface area (Å²) in [5, 5.41) is 0.591. The van der Waals surface area contributed by atoms with Crippen LogP contribution >= 0.6 is 23.2 Å². The average molecular weight is 336 g/mol. The van der Waals surface area contributed by atoms with Crippen LogP contribution in [0.15, 0.2) is 41.2 Å². The Labute approximate surface area is 135 Å². The van der Waals surface area contributed by atoms with Gasteiger partial charge in [0.25, 0.3) is 5.91 Å². The molecule has 1 heterocycles. The van der Waals surface area contributed by atoms with Crippen molar-refractivity contribution in [3.05, 3.63) is 62.5 Å². The van der Waals surface area contributed by atoms with Crippen LogP contribution < -0.4 is 11.4 Å². The third-order valence-corrected chi connectivity index (χ3v) is 4.19. The zero-order valence-corrected chi connectivity index (χ0v) is 13.0. The molecule has 0 saturated heterocycles. The third kappa shape index (κ3) is 2.19. The number of imidazole rings is 1. The zero-order chi connectivity index (χ0) is 16.0. The number of fused-ring (bicyclic) bond motifs is 1. The van der Waals surface area contributed by atoms with Gasteiger partial charge < -0.3 is 5.73 Å². The first kappa shape index (κ1) is 14.7. The number of benzene rings is 2. The molecule has 22 heavy (non-hydrogen) atoms. The van der Waals surface area contributed by atoms with Crippen molar-refractivity contribution in [3.63, 3.8) is 0 Å². The summed E-state index contributed by atoms with van der Waals surface area (Å²) in [6.07, 6.45) is 0. The maximum absolute atomic E-state index is 12.7.